The molecule has 0 aliphatic carbocycles. The Balaban J connectivity index is 1.31. The van der Waals surface area contributed by atoms with Crippen LogP contribution in [0.5, 0.6) is 11.5 Å². The van der Waals surface area contributed by atoms with Crippen molar-refractivity contribution in [3.8, 4) is 11.5 Å². The van der Waals surface area contributed by atoms with Crippen LogP contribution in [-0.2, 0) is 4.79 Å². The number of piperidine rings is 1. The van der Waals surface area contributed by atoms with Crippen molar-refractivity contribution in [1.29, 1.82) is 0 Å². The van der Waals surface area contributed by atoms with Crippen LogP contribution in [0.1, 0.15) is 25.7 Å². The third-order valence-corrected chi connectivity index (χ3v) is 7.06. The topological polar surface area (TPSA) is 79.8 Å². The Bertz CT molecular complexity index is 1250. The van der Waals surface area contributed by atoms with Crippen LogP contribution in [0.2, 0.25) is 5.02 Å². The summed E-state index contributed by atoms with van der Waals surface area (Å²) in [5.41, 5.74) is 0.841. The number of likely N-dealkylation sites (tertiary alicyclic amines) is 2. The molecule has 2 saturated heterocycles. The van der Waals surface area contributed by atoms with E-state index < -0.39 is 5.82 Å². The average molecular weight is 514 g/mol. The van der Waals surface area contributed by atoms with E-state index in [0.717, 1.165) is 25.9 Å². The van der Waals surface area contributed by atoms with Gasteiger partial charge < -0.3 is 19.7 Å². The number of benzene rings is 2. The monoisotopic (exact) mass is 513 g/mol. The molecule has 0 bridgehead atoms. The first-order chi connectivity index (χ1) is 17.5. The number of halogens is 2. The molecule has 1 amide bonds. The molecule has 1 aromatic heterocycles. The number of nitrogens with zero attached hydrogens (tertiary/aromatic N) is 4. The summed E-state index contributed by atoms with van der Waals surface area (Å²) in [5.74, 6) is 1.17. The Morgan fingerprint density at radius 3 is 2.67 bits per heavy atom. The van der Waals surface area contributed by atoms with Gasteiger partial charge in [-0.05, 0) is 44.1 Å². The average Bonchev–Trinajstić information content (AvgIpc) is 3.40. The van der Waals surface area contributed by atoms with Crippen LogP contribution in [0, 0.1) is 5.82 Å². The summed E-state index contributed by atoms with van der Waals surface area (Å²) < 4.78 is 26.4. The van der Waals surface area contributed by atoms with Crippen molar-refractivity contribution >= 4 is 39.9 Å². The van der Waals surface area contributed by atoms with E-state index in [1.165, 1.54) is 25.2 Å². The van der Waals surface area contributed by atoms with E-state index in [0.29, 0.717) is 47.9 Å². The molecule has 2 fully saturated rings. The molecule has 3 heterocycles. The Kier molecular flexibility index (Phi) is 7.38. The minimum atomic E-state index is -0.554. The molecule has 1 N–H and O–H groups in total. The highest BCUT2D eigenvalue weighted by Gasteiger charge is 2.27. The number of nitrogens with one attached hydrogen (secondary N) is 1. The van der Waals surface area contributed by atoms with Crippen molar-refractivity contribution in [3.63, 3.8) is 0 Å². The second-order valence-corrected chi connectivity index (χ2v) is 9.56. The summed E-state index contributed by atoms with van der Waals surface area (Å²) in [5, 5.41) is 3.70. The number of methoxy groups -OCH3 is 1. The van der Waals surface area contributed by atoms with Crippen molar-refractivity contribution in [2.45, 2.75) is 31.8 Å². The summed E-state index contributed by atoms with van der Waals surface area (Å²) in [6.45, 7) is 3.86. The second kappa shape index (κ2) is 10.8. The maximum atomic E-state index is 14.5. The summed E-state index contributed by atoms with van der Waals surface area (Å²) in [6, 6.07) is 8.33. The van der Waals surface area contributed by atoms with Crippen LogP contribution >= 0.6 is 11.6 Å². The number of amides is 1. The van der Waals surface area contributed by atoms with E-state index in [9.17, 15) is 9.18 Å². The van der Waals surface area contributed by atoms with Crippen molar-refractivity contribution in [1.82, 2.24) is 19.8 Å². The van der Waals surface area contributed by atoms with Crippen LogP contribution in [-0.4, -0.2) is 71.6 Å². The number of hydrogen-bond donors (Lipinski definition) is 1. The largest absolute Gasteiger partial charge is 0.493 e. The number of ether oxygens (including phenoxy) is 2. The van der Waals surface area contributed by atoms with Gasteiger partial charge in [0.15, 0.2) is 17.3 Å². The third kappa shape index (κ3) is 5.32. The Hall–Kier alpha value is -3.17. The lowest BCUT2D eigenvalue weighted by molar-refractivity contribution is -0.134. The lowest BCUT2D eigenvalue weighted by atomic mass is 10.1. The molecule has 10 heteroatoms. The lowest BCUT2D eigenvalue weighted by Crippen LogP contribution is -2.45. The number of carbonyl (C=O) groups excluding carboxylic acids is 1. The Morgan fingerprint density at radius 1 is 1.14 bits per heavy atom. The molecule has 2 aliphatic heterocycles. The van der Waals surface area contributed by atoms with E-state index in [4.69, 9.17) is 21.1 Å². The maximum absolute atomic E-state index is 14.5. The van der Waals surface area contributed by atoms with E-state index in [1.54, 1.807) is 25.3 Å². The number of carbonyl (C=O) groups is 1. The maximum Gasteiger partial charge on any atom is 0.236 e. The number of anilines is 2. The summed E-state index contributed by atoms with van der Waals surface area (Å²) in [4.78, 5) is 25.5. The molecule has 0 spiro atoms. The highest BCUT2D eigenvalue weighted by Crippen LogP contribution is 2.36. The smallest absolute Gasteiger partial charge is 0.236 e. The normalized spacial score (nSPS) is 16.9. The van der Waals surface area contributed by atoms with E-state index in [2.05, 4.69) is 20.2 Å². The van der Waals surface area contributed by atoms with Gasteiger partial charge in [0.2, 0.25) is 5.91 Å². The van der Waals surface area contributed by atoms with Crippen LogP contribution in [0.25, 0.3) is 10.9 Å². The minimum absolute atomic E-state index is 0.0225. The zero-order valence-corrected chi connectivity index (χ0v) is 20.9. The van der Waals surface area contributed by atoms with Crippen molar-refractivity contribution < 1.29 is 18.7 Å². The van der Waals surface area contributed by atoms with Crippen molar-refractivity contribution in [2.75, 3.05) is 45.2 Å². The molecule has 3 aromatic rings. The predicted molar refractivity (Wildman–Crippen MR) is 137 cm³/mol. The SMILES string of the molecule is COc1cc2ncnc(Nc3cccc(Cl)c3F)c2cc1OC1CCN(C(=O)CN2CCCC2)CC1. The van der Waals surface area contributed by atoms with Gasteiger partial charge in [-0.25, -0.2) is 14.4 Å². The standard InChI is InChI=1S/C26H29ClFN5O3/c1-35-22-14-21-18(26(30-16-29-21)31-20-6-4-5-19(27)25(20)28)13-23(22)36-17-7-11-33(12-8-17)24(34)15-32-9-2-3-10-32/h4-6,13-14,16-17H,2-3,7-12,15H2,1H3,(H,29,30,31). The van der Waals surface area contributed by atoms with Gasteiger partial charge in [0, 0.05) is 37.4 Å². The molecule has 0 atom stereocenters. The molecule has 2 aromatic carbocycles. The molecule has 0 saturated carbocycles. The fraction of sp³-hybridized carbons (Fsp3) is 0.423. The van der Waals surface area contributed by atoms with E-state index in [1.807, 2.05) is 11.0 Å². The molecular formula is C26H29ClFN5O3. The molecule has 8 nitrogen and oxygen atoms in total. The Morgan fingerprint density at radius 2 is 1.92 bits per heavy atom. The van der Waals surface area contributed by atoms with E-state index >= 15 is 0 Å². The van der Waals surface area contributed by atoms with Crippen molar-refractivity contribution in [2.24, 2.45) is 0 Å². The van der Waals surface area contributed by atoms with Gasteiger partial charge in [0.1, 0.15) is 18.2 Å². The Labute approximate surface area is 214 Å². The molecular weight excluding hydrogens is 485 g/mol. The first-order valence-electron chi connectivity index (χ1n) is 12.2. The minimum Gasteiger partial charge on any atom is -0.493 e. The molecule has 190 valence electrons. The van der Waals surface area contributed by atoms with Gasteiger partial charge in [-0.2, -0.15) is 0 Å². The van der Waals surface area contributed by atoms with Gasteiger partial charge in [0.05, 0.1) is 29.9 Å². The summed E-state index contributed by atoms with van der Waals surface area (Å²) in [6.07, 6.45) is 5.16. The highest BCUT2D eigenvalue weighted by atomic mass is 35.5. The fourth-order valence-electron chi connectivity index (χ4n) is 4.78. The van der Waals surface area contributed by atoms with Gasteiger partial charge >= 0.3 is 0 Å². The quantitative estimate of drug-likeness (QED) is 0.493. The first kappa shape index (κ1) is 24.5. The summed E-state index contributed by atoms with van der Waals surface area (Å²) in [7, 11) is 1.58. The molecule has 5 rings (SSSR count). The number of aromatic nitrogens is 2. The molecule has 2 aliphatic rings. The van der Waals surface area contributed by atoms with Crippen molar-refractivity contribution in [3.05, 3.63) is 47.5 Å². The predicted octanol–water partition coefficient (Wildman–Crippen LogP) is 4.64. The van der Waals surface area contributed by atoms with Gasteiger partial charge in [-0.1, -0.05) is 17.7 Å². The molecule has 0 radical (unpaired) electrons. The lowest BCUT2D eigenvalue weighted by Gasteiger charge is -2.33. The zero-order valence-electron chi connectivity index (χ0n) is 20.2. The van der Waals surface area contributed by atoms with E-state index in [-0.39, 0.29) is 22.7 Å². The fourth-order valence-corrected chi connectivity index (χ4v) is 4.95. The highest BCUT2D eigenvalue weighted by molar-refractivity contribution is 6.31. The number of fused-ring (bicyclic) bond motifs is 1. The van der Waals surface area contributed by atoms with Crippen LogP contribution < -0.4 is 14.8 Å². The number of hydrogen-bond acceptors (Lipinski definition) is 7. The summed E-state index contributed by atoms with van der Waals surface area (Å²) >= 11 is 5.93. The van der Waals surface area contributed by atoms with Gasteiger partial charge in [-0.15, -0.1) is 0 Å². The van der Waals surface area contributed by atoms with Gasteiger partial charge in [-0.3, -0.25) is 9.69 Å². The number of rotatable bonds is 7. The zero-order chi connectivity index (χ0) is 25.1. The first-order valence-corrected chi connectivity index (χ1v) is 12.6. The molecule has 36 heavy (non-hydrogen) atoms. The second-order valence-electron chi connectivity index (χ2n) is 9.15. The van der Waals surface area contributed by atoms with Crippen LogP contribution in [0.15, 0.2) is 36.7 Å². The van der Waals surface area contributed by atoms with Crippen LogP contribution in [0.4, 0.5) is 15.9 Å². The van der Waals surface area contributed by atoms with Crippen LogP contribution in [0.3, 0.4) is 0 Å². The molecule has 0 unspecified atom stereocenters. The third-order valence-electron chi connectivity index (χ3n) is 6.77. The van der Waals surface area contributed by atoms with Gasteiger partial charge in [0.25, 0.3) is 0 Å².